The quantitative estimate of drug-likeness (QED) is 0.535. The predicted molar refractivity (Wildman–Crippen MR) is 119 cm³/mol. The molecule has 0 saturated heterocycles. The molecular formula is C23H23N3O3S. The van der Waals surface area contributed by atoms with E-state index in [2.05, 4.69) is 15.6 Å². The van der Waals surface area contributed by atoms with Gasteiger partial charge in [0.1, 0.15) is 5.75 Å². The zero-order chi connectivity index (χ0) is 21.3. The summed E-state index contributed by atoms with van der Waals surface area (Å²) in [7, 11) is 1.61. The Bertz CT molecular complexity index is 994. The second-order valence-electron chi connectivity index (χ2n) is 6.51. The van der Waals surface area contributed by atoms with E-state index in [-0.39, 0.29) is 17.1 Å². The number of amides is 2. The third-order valence-electron chi connectivity index (χ3n) is 4.35. The van der Waals surface area contributed by atoms with Crippen LogP contribution in [0.25, 0.3) is 0 Å². The van der Waals surface area contributed by atoms with E-state index in [0.717, 1.165) is 16.2 Å². The number of benzene rings is 2. The number of anilines is 1. The van der Waals surface area contributed by atoms with E-state index >= 15 is 0 Å². The maximum atomic E-state index is 12.7. The van der Waals surface area contributed by atoms with E-state index in [9.17, 15) is 9.59 Å². The number of nitrogens with zero attached hydrogens (tertiary/aromatic N) is 1. The maximum absolute atomic E-state index is 12.7. The summed E-state index contributed by atoms with van der Waals surface area (Å²) in [6.45, 7) is 2.19. The largest absolute Gasteiger partial charge is 0.497 e. The van der Waals surface area contributed by atoms with Gasteiger partial charge in [0.15, 0.2) is 0 Å². The van der Waals surface area contributed by atoms with Gasteiger partial charge in [-0.2, -0.15) is 0 Å². The van der Waals surface area contributed by atoms with Crippen molar-refractivity contribution in [3.05, 3.63) is 84.2 Å². The fraction of sp³-hybridized carbons (Fsp3) is 0.174. The molecule has 0 aliphatic heterocycles. The minimum Gasteiger partial charge on any atom is -0.497 e. The van der Waals surface area contributed by atoms with Crippen molar-refractivity contribution < 1.29 is 14.3 Å². The number of nitrogens with one attached hydrogen (secondary N) is 2. The first-order valence-electron chi connectivity index (χ1n) is 9.44. The number of ether oxygens (including phenoxy) is 1. The first-order chi connectivity index (χ1) is 14.6. The van der Waals surface area contributed by atoms with Crippen molar-refractivity contribution in [1.82, 2.24) is 10.3 Å². The summed E-state index contributed by atoms with van der Waals surface area (Å²) in [6.07, 6.45) is 3.38. The van der Waals surface area contributed by atoms with Crippen LogP contribution in [-0.2, 0) is 11.3 Å². The number of aromatic nitrogens is 1. The van der Waals surface area contributed by atoms with Crippen molar-refractivity contribution in [3.8, 4) is 5.75 Å². The van der Waals surface area contributed by atoms with Crippen LogP contribution in [0.5, 0.6) is 5.75 Å². The van der Waals surface area contributed by atoms with Gasteiger partial charge >= 0.3 is 0 Å². The smallest absolute Gasteiger partial charge is 0.253 e. The van der Waals surface area contributed by atoms with Crippen LogP contribution in [0.3, 0.4) is 0 Å². The average molecular weight is 422 g/mol. The summed E-state index contributed by atoms with van der Waals surface area (Å²) < 4.78 is 5.15. The van der Waals surface area contributed by atoms with E-state index in [1.54, 1.807) is 43.8 Å². The molecular weight excluding hydrogens is 398 g/mol. The van der Waals surface area contributed by atoms with Crippen molar-refractivity contribution in [2.45, 2.75) is 23.6 Å². The molecule has 0 spiro atoms. The van der Waals surface area contributed by atoms with Gasteiger partial charge in [0, 0.05) is 23.8 Å². The van der Waals surface area contributed by atoms with Crippen LogP contribution in [0.4, 0.5) is 5.69 Å². The molecule has 154 valence electrons. The van der Waals surface area contributed by atoms with Crippen LogP contribution in [-0.4, -0.2) is 29.2 Å². The highest BCUT2D eigenvalue weighted by molar-refractivity contribution is 8.00. The molecule has 2 N–H and O–H groups in total. The van der Waals surface area contributed by atoms with Crippen LogP contribution in [0, 0.1) is 0 Å². The second kappa shape index (κ2) is 10.5. The Morgan fingerprint density at radius 1 is 1.07 bits per heavy atom. The summed E-state index contributed by atoms with van der Waals surface area (Å²) in [6, 6.07) is 18.2. The number of thioether (sulfide) groups is 1. The van der Waals surface area contributed by atoms with Crippen molar-refractivity contribution in [2.75, 3.05) is 12.4 Å². The number of hydrogen-bond donors (Lipinski definition) is 2. The monoisotopic (exact) mass is 421 g/mol. The summed E-state index contributed by atoms with van der Waals surface area (Å²) >= 11 is 1.44. The molecule has 0 radical (unpaired) electrons. The van der Waals surface area contributed by atoms with E-state index in [4.69, 9.17) is 4.74 Å². The predicted octanol–water partition coefficient (Wildman–Crippen LogP) is 4.14. The van der Waals surface area contributed by atoms with Crippen LogP contribution in [0.15, 0.2) is 78.0 Å². The fourth-order valence-electron chi connectivity index (χ4n) is 2.72. The van der Waals surface area contributed by atoms with Crippen LogP contribution >= 0.6 is 11.8 Å². The molecule has 0 fully saturated rings. The minimum atomic E-state index is -0.343. The van der Waals surface area contributed by atoms with Crippen molar-refractivity contribution >= 4 is 29.3 Å². The highest BCUT2D eigenvalue weighted by Gasteiger charge is 2.18. The zero-order valence-electron chi connectivity index (χ0n) is 16.8. The number of carbonyl (C=O) groups is 2. The average Bonchev–Trinajstić information content (AvgIpc) is 2.79. The molecule has 0 unspecified atom stereocenters. The number of methoxy groups -OCH3 is 1. The molecule has 30 heavy (non-hydrogen) atoms. The lowest BCUT2D eigenvalue weighted by Gasteiger charge is -2.15. The minimum absolute atomic E-state index is 0.177. The molecule has 1 heterocycles. The number of rotatable bonds is 8. The molecule has 3 rings (SSSR count). The SMILES string of the molecule is COc1ccc(S[C@H](C)C(=O)Nc2ccccc2C(=O)NCc2cccnc2)cc1. The first-order valence-corrected chi connectivity index (χ1v) is 10.3. The van der Waals surface area contributed by atoms with Crippen LogP contribution in [0.2, 0.25) is 0 Å². The molecule has 3 aromatic rings. The maximum Gasteiger partial charge on any atom is 0.253 e. The third-order valence-corrected chi connectivity index (χ3v) is 5.46. The Morgan fingerprint density at radius 2 is 1.83 bits per heavy atom. The van der Waals surface area contributed by atoms with Gasteiger partial charge in [-0.3, -0.25) is 14.6 Å². The number of para-hydroxylation sites is 1. The Balaban J connectivity index is 1.62. The van der Waals surface area contributed by atoms with Crippen molar-refractivity contribution in [1.29, 1.82) is 0 Å². The van der Waals surface area contributed by atoms with Gasteiger partial charge < -0.3 is 15.4 Å². The molecule has 2 aromatic carbocycles. The van der Waals surface area contributed by atoms with Gasteiger partial charge in [0.2, 0.25) is 5.91 Å². The zero-order valence-corrected chi connectivity index (χ0v) is 17.6. The van der Waals surface area contributed by atoms with E-state index in [1.165, 1.54) is 11.8 Å². The Morgan fingerprint density at radius 3 is 2.53 bits per heavy atom. The van der Waals surface area contributed by atoms with Gasteiger partial charge in [0.25, 0.3) is 5.91 Å². The molecule has 0 bridgehead atoms. The number of hydrogen-bond acceptors (Lipinski definition) is 5. The highest BCUT2D eigenvalue weighted by atomic mass is 32.2. The Kier molecular flexibility index (Phi) is 7.45. The molecule has 0 aliphatic carbocycles. The molecule has 1 atom stereocenters. The van der Waals surface area contributed by atoms with Gasteiger partial charge in [-0.05, 0) is 55.0 Å². The first kappa shape index (κ1) is 21.4. The number of pyridine rings is 1. The van der Waals surface area contributed by atoms with E-state index in [1.807, 2.05) is 43.3 Å². The van der Waals surface area contributed by atoms with Crippen LogP contribution < -0.4 is 15.4 Å². The lowest BCUT2D eigenvalue weighted by Crippen LogP contribution is -2.27. The highest BCUT2D eigenvalue weighted by Crippen LogP contribution is 2.26. The van der Waals surface area contributed by atoms with E-state index in [0.29, 0.717) is 17.8 Å². The molecule has 1 aromatic heterocycles. The Labute approximate surface area is 180 Å². The fourth-order valence-corrected chi connectivity index (χ4v) is 3.58. The lowest BCUT2D eigenvalue weighted by molar-refractivity contribution is -0.115. The molecule has 0 saturated carbocycles. The third kappa shape index (κ3) is 5.84. The topological polar surface area (TPSA) is 80.3 Å². The Hall–Kier alpha value is -3.32. The summed E-state index contributed by atoms with van der Waals surface area (Å²) in [5.74, 6) is 0.330. The molecule has 2 amide bonds. The molecule has 6 nitrogen and oxygen atoms in total. The van der Waals surface area contributed by atoms with E-state index < -0.39 is 0 Å². The van der Waals surface area contributed by atoms with Crippen molar-refractivity contribution in [2.24, 2.45) is 0 Å². The van der Waals surface area contributed by atoms with Gasteiger partial charge in [-0.1, -0.05) is 18.2 Å². The summed E-state index contributed by atoms with van der Waals surface area (Å²) in [5, 5.41) is 5.39. The molecule has 7 heteroatoms. The van der Waals surface area contributed by atoms with Crippen LogP contribution in [0.1, 0.15) is 22.8 Å². The normalized spacial score (nSPS) is 11.4. The van der Waals surface area contributed by atoms with Gasteiger partial charge in [-0.25, -0.2) is 0 Å². The summed E-state index contributed by atoms with van der Waals surface area (Å²) in [5.41, 5.74) is 1.79. The molecule has 0 aliphatic rings. The van der Waals surface area contributed by atoms with Gasteiger partial charge in [0.05, 0.1) is 23.6 Å². The standard InChI is InChI=1S/C23H23N3O3S/c1-16(30-19-11-9-18(29-2)10-12-19)22(27)26-21-8-4-3-7-20(21)23(28)25-15-17-6-5-13-24-14-17/h3-14,16H,15H2,1-2H3,(H,25,28)(H,26,27)/t16-/m1/s1. The number of carbonyl (C=O) groups excluding carboxylic acids is 2. The lowest BCUT2D eigenvalue weighted by atomic mass is 10.1. The summed E-state index contributed by atoms with van der Waals surface area (Å²) in [4.78, 5) is 30.3. The second-order valence-corrected chi connectivity index (χ2v) is 7.93. The van der Waals surface area contributed by atoms with Crippen molar-refractivity contribution in [3.63, 3.8) is 0 Å². The van der Waals surface area contributed by atoms with Gasteiger partial charge in [-0.15, -0.1) is 11.8 Å².